The fourth-order valence-corrected chi connectivity index (χ4v) is 16.6. The van der Waals surface area contributed by atoms with Gasteiger partial charge in [-0.2, -0.15) is 6.07 Å². The third kappa shape index (κ3) is 10.2. The second-order valence-electron chi connectivity index (χ2n) is 24.8. The summed E-state index contributed by atoms with van der Waals surface area (Å²) < 4.78 is 52.3. The summed E-state index contributed by atoms with van der Waals surface area (Å²) in [5.74, 6) is 1.90. The van der Waals surface area contributed by atoms with Gasteiger partial charge in [-0.25, -0.2) is 4.98 Å². The summed E-state index contributed by atoms with van der Waals surface area (Å²) in [6.07, 6.45) is 1.91. The Balaban J connectivity index is 0.00000784. The molecule has 0 amide bonds. The van der Waals surface area contributed by atoms with Crippen LogP contribution in [0.5, 0.6) is 11.5 Å². The molecule has 82 heavy (non-hydrogen) atoms. The maximum atomic E-state index is 9.38. The van der Waals surface area contributed by atoms with Crippen LogP contribution in [0.1, 0.15) is 111 Å². The maximum Gasteiger partial charge on any atom is 0.135 e. The van der Waals surface area contributed by atoms with Crippen molar-refractivity contribution in [3.63, 3.8) is 0 Å². The van der Waals surface area contributed by atoms with Gasteiger partial charge in [0.25, 0.3) is 0 Å². The van der Waals surface area contributed by atoms with E-state index in [1.165, 1.54) is 21.1 Å². The molecule has 0 unspecified atom stereocenters. The van der Waals surface area contributed by atoms with Crippen molar-refractivity contribution in [3.8, 4) is 33.8 Å². The molecule has 12 rings (SSSR count). The topological polar surface area (TPSA) is 31.8 Å². The summed E-state index contributed by atoms with van der Waals surface area (Å²) in [7, 11) is -3.05. The molecule has 0 bridgehead atoms. The van der Waals surface area contributed by atoms with Gasteiger partial charge in [0, 0.05) is 72.6 Å². The number of hydrogen-bond acceptors (Lipinski definition) is 5. The molecule has 0 saturated heterocycles. The normalized spacial score (nSPS) is 14.6. The molecule has 2 aliphatic rings. The Hall–Kier alpha value is -7.76. The summed E-state index contributed by atoms with van der Waals surface area (Å²) in [4.78, 5) is 11.6. The molecule has 5 nitrogen and oxygen atoms in total. The average Bonchev–Trinajstić information content (AvgIpc) is 1.04. The van der Waals surface area contributed by atoms with Crippen molar-refractivity contribution in [1.29, 1.82) is 0 Å². The van der Waals surface area contributed by atoms with Gasteiger partial charge in [-0.15, -0.1) is 53.4 Å². The number of hydrogen-bond donors (Lipinski definition) is 0. The van der Waals surface area contributed by atoms with Crippen molar-refractivity contribution in [1.82, 2.24) is 4.98 Å². The Bertz CT molecular complexity index is 4170. The van der Waals surface area contributed by atoms with E-state index in [4.69, 9.17) is 13.8 Å². The summed E-state index contributed by atoms with van der Waals surface area (Å²) in [5, 5.41) is 4.93. The fraction of sp³-hybridized carbons (Fsp3) is 0.200. The molecule has 10 aromatic rings. The minimum Gasteiger partial charge on any atom is -0.509 e. The molecule has 0 spiro atoms. The third-order valence-corrected chi connectivity index (χ3v) is 20.8. The number of ether oxygens (including phenoxy) is 1. The van der Waals surface area contributed by atoms with Gasteiger partial charge in [0.05, 0.1) is 6.85 Å². The van der Waals surface area contributed by atoms with E-state index in [2.05, 4.69) is 261 Å². The second-order valence-corrected chi connectivity index (χ2v) is 28.6. The standard InChI is InChI=1S/C75H71N4OSi.Pt/c1-51(2)53-44-58(77-50-78(66-35-22-21-34-65(66)77)72-63(52-26-15-12-16-27-52)32-25-33-64(72)54-42-56(74(6,7)8)46-57(43-54)75(9,10)11)48-60(45-53)80-59-38-39-70-68(49-59)79(71-47-55(40-41-76-71)73(3,4)5)67-36-23-24-37-69(67)81(70,61-28-17-13-18-29-61)62-30-19-14-20-31-62;/h12-47,50-51H,1-11H3;/q-3;/i12D,15D,16D,26D,27D;. The number of benzene rings is 9. The summed E-state index contributed by atoms with van der Waals surface area (Å²) in [5.41, 5.74) is 11.4. The molecule has 414 valence electrons. The van der Waals surface area contributed by atoms with Gasteiger partial charge in [0.1, 0.15) is 13.9 Å². The van der Waals surface area contributed by atoms with Gasteiger partial charge in [0.2, 0.25) is 0 Å². The zero-order valence-corrected chi connectivity index (χ0v) is 51.8. The summed E-state index contributed by atoms with van der Waals surface area (Å²) >= 11 is 0. The molecule has 1 aromatic heterocycles. The Kier molecular flexibility index (Phi) is 13.3. The molecule has 7 heteroatoms. The van der Waals surface area contributed by atoms with E-state index in [1.54, 1.807) is 0 Å². The Morgan fingerprint density at radius 2 is 1.10 bits per heavy atom. The van der Waals surface area contributed by atoms with Crippen LogP contribution in [0.2, 0.25) is 0 Å². The van der Waals surface area contributed by atoms with Crippen molar-refractivity contribution >= 4 is 68.8 Å². The molecule has 0 N–H and O–H groups in total. The Morgan fingerprint density at radius 3 is 1.71 bits per heavy atom. The molecule has 0 aliphatic carbocycles. The van der Waals surface area contributed by atoms with Crippen LogP contribution < -0.4 is 40.2 Å². The third-order valence-electron chi connectivity index (χ3n) is 16.0. The molecular formula is C75H71N4OPtSi-3. The first kappa shape index (κ1) is 50.0. The van der Waals surface area contributed by atoms with E-state index in [9.17, 15) is 2.74 Å². The molecule has 0 radical (unpaired) electrons. The largest absolute Gasteiger partial charge is 0.509 e. The average molecular weight is 1270 g/mol. The van der Waals surface area contributed by atoms with Crippen LogP contribution in [-0.2, 0) is 37.3 Å². The first-order valence-electron chi connectivity index (χ1n) is 30.6. The number of rotatable bonds is 10. The molecule has 2 aliphatic heterocycles. The minimum atomic E-state index is -3.05. The van der Waals surface area contributed by atoms with Crippen LogP contribution in [0, 0.1) is 18.8 Å². The molecule has 0 atom stereocenters. The number of fused-ring (bicyclic) bond motifs is 3. The SMILES string of the molecule is [2H]c1c([2H])c([2H])c(-c2cccc(-c3cc(C(C)(C)C)cc(C(C)(C)C)c3)c2N2[CH-]N(c3[c-]c(Oc4[c-]c5c(cc4)[Si](c4ccccc4)(c4ccccc4)c4ccccc4N5c4cc(C(C)(C)C)ccn4)cc(C(C)C)c3)c3ccccc32)c([2H])c1[2H].[Pt]. The van der Waals surface area contributed by atoms with Crippen LogP contribution in [0.4, 0.5) is 39.9 Å². The molecule has 3 heterocycles. The Morgan fingerprint density at radius 1 is 0.524 bits per heavy atom. The summed E-state index contributed by atoms with van der Waals surface area (Å²) in [6.45, 7) is 26.4. The minimum absolute atomic E-state index is 0. The van der Waals surface area contributed by atoms with Crippen molar-refractivity contribution in [3.05, 3.63) is 259 Å². The molecule has 9 aromatic carbocycles. The number of aromatic nitrogens is 1. The Labute approximate surface area is 509 Å². The fourth-order valence-electron chi connectivity index (χ4n) is 11.6. The van der Waals surface area contributed by atoms with Crippen LogP contribution in [0.25, 0.3) is 22.3 Å². The monoisotopic (exact) mass is 1270 g/mol. The van der Waals surface area contributed by atoms with Gasteiger partial charge in [0.15, 0.2) is 0 Å². The van der Waals surface area contributed by atoms with Gasteiger partial charge >= 0.3 is 0 Å². The number of nitrogens with zero attached hydrogens (tertiary/aromatic N) is 4. The van der Waals surface area contributed by atoms with E-state index in [0.717, 1.165) is 67.3 Å². The van der Waals surface area contributed by atoms with Crippen LogP contribution in [0.15, 0.2) is 218 Å². The number of anilines is 7. The smallest absolute Gasteiger partial charge is 0.135 e. The molecular weight excluding hydrogens is 1200 g/mol. The van der Waals surface area contributed by atoms with Crippen molar-refractivity contribution in [2.45, 2.75) is 98.3 Å². The first-order valence-corrected chi connectivity index (χ1v) is 30.1. The number of pyridine rings is 1. The van der Waals surface area contributed by atoms with Crippen molar-refractivity contribution in [2.24, 2.45) is 0 Å². The predicted octanol–water partition coefficient (Wildman–Crippen LogP) is 17.4. The van der Waals surface area contributed by atoms with Gasteiger partial charge in [-0.1, -0.05) is 250 Å². The van der Waals surface area contributed by atoms with Gasteiger partial charge in [-0.3, -0.25) is 0 Å². The van der Waals surface area contributed by atoms with E-state index in [0.29, 0.717) is 22.7 Å². The molecule has 0 fully saturated rings. The predicted molar refractivity (Wildman–Crippen MR) is 343 cm³/mol. The zero-order chi connectivity index (χ0) is 60.8. The van der Waals surface area contributed by atoms with E-state index in [1.807, 2.05) is 37.1 Å². The quantitative estimate of drug-likeness (QED) is 0.101. The van der Waals surface area contributed by atoms with Crippen molar-refractivity contribution in [2.75, 3.05) is 14.7 Å². The van der Waals surface area contributed by atoms with Crippen molar-refractivity contribution < 1.29 is 32.7 Å². The maximum absolute atomic E-state index is 9.38. The van der Waals surface area contributed by atoms with Crippen LogP contribution in [-0.4, -0.2) is 13.1 Å². The van der Waals surface area contributed by atoms with Crippen LogP contribution in [0.3, 0.4) is 0 Å². The van der Waals surface area contributed by atoms with E-state index >= 15 is 0 Å². The zero-order valence-electron chi connectivity index (χ0n) is 53.6. The second kappa shape index (κ2) is 21.9. The first-order chi connectivity index (χ1) is 40.9. The molecule has 0 saturated carbocycles. The number of para-hydroxylation sites is 4. The van der Waals surface area contributed by atoms with E-state index in [-0.39, 0.29) is 60.9 Å². The van der Waals surface area contributed by atoms with Crippen LogP contribution >= 0.6 is 0 Å². The van der Waals surface area contributed by atoms with Gasteiger partial charge in [-0.05, 0) is 85.5 Å². The van der Waals surface area contributed by atoms with E-state index < -0.39 is 26.2 Å². The summed E-state index contributed by atoms with van der Waals surface area (Å²) in [6, 6.07) is 70.2. The van der Waals surface area contributed by atoms with Gasteiger partial charge < -0.3 is 19.4 Å².